The first kappa shape index (κ1) is 16.7. The van der Waals surface area contributed by atoms with E-state index in [0.29, 0.717) is 5.82 Å². The number of rotatable bonds is 3. The fourth-order valence-electron chi connectivity index (χ4n) is 2.72. The minimum absolute atomic E-state index is 0.0570. The minimum Gasteiger partial charge on any atom is -0.339 e. The number of halogens is 3. The van der Waals surface area contributed by atoms with Crippen LogP contribution in [0.2, 0.25) is 0 Å². The second-order valence-electron chi connectivity index (χ2n) is 5.61. The summed E-state index contributed by atoms with van der Waals surface area (Å²) in [6.07, 6.45) is 2.29. The van der Waals surface area contributed by atoms with Gasteiger partial charge in [-0.1, -0.05) is 0 Å². The third-order valence-corrected chi connectivity index (χ3v) is 5.49. The summed E-state index contributed by atoms with van der Waals surface area (Å²) >= 11 is 0. The van der Waals surface area contributed by atoms with E-state index in [9.17, 15) is 21.6 Å². The Hall–Kier alpha value is -2.17. The molecule has 2 atom stereocenters. The van der Waals surface area contributed by atoms with Crippen molar-refractivity contribution in [2.24, 2.45) is 5.92 Å². The quantitative estimate of drug-likeness (QED) is 0.814. The third-order valence-electron chi connectivity index (χ3n) is 3.92. The van der Waals surface area contributed by atoms with Gasteiger partial charge in [0.2, 0.25) is 5.95 Å². The number of hydrogen-bond acceptors (Lipinski definition) is 6. The predicted molar refractivity (Wildman–Crippen MR) is 79.5 cm³/mol. The number of anilines is 1. The number of aromatic nitrogens is 4. The molecular weight excluding hydrogens is 347 g/mol. The molecule has 0 unspecified atom stereocenters. The van der Waals surface area contributed by atoms with Crippen LogP contribution in [0.5, 0.6) is 0 Å². The van der Waals surface area contributed by atoms with Crippen molar-refractivity contribution >= 4 is 15.8 Å². The first-order valence-electron chi connectivity index (χ1n) is 6.98. The van der Waals surface area contributed by atoms with Crippen molar-refractivity contribution in [1.82, 2.24) is 19.5 Å². The molecule has 2 aromatic rings. The van der Waals surface area contributed by atoms with Crippen LogP contribution in [0.4, 0.5) is 19.1 Å². The summed E-state index contributed by atoms with van der Waals surface area (Å²) in [6.45, 7) is -0.787. The van der Waals surface area contributed by atoms with Crippen LogP contribution in [0.3, 0.4) is 0 Å². The van der Waals surface area contributed by atoms with Gasteiger partial charge in [0.05, 0.1) is 11.2 Å². The van der Waals surface area contributed by atoms with Crippen LogP contribution in [-0.4, -0.2) is 58.7 Å². The molecule has 11 heteroatoms. The maximum Gasteiger partial charge on any atom is 0.394 e. The lowest BCUT2D eigenvalue weighted by molar-refractivity contribution is -0.167. The maximum atomic E-state index is 13.2. The highest BCUT2D eigenvalue weighted by Crippen LogP contribution is 2.37. The Morgan fingerprint density at radius 2 is 2.00 bits per heavy atom. The van der Waals surface area contributed by atoms with Crippen LogP contribution < -0.4 is 4.90 Å². The third kappa shape index (κ3) is 3.21. The number of hydrogen-bond donors (Lipinski definition) is 0. The standard InChI is InChI=1S/C13H14F3N5O2S/c1-24(22,23)10-7-21(6-9(10)13(14,15)16)12-18-3-2-11(19-12)20-5-4-17-8-20/h2-5,8-10H,6-7H2,1H3/t9-,10-/m1/s1. The fourth-order valence-corrected chi connectivity index (χ4v) is 4.00. The lowest BCUT2D eigenvalue weighted by Crippen LogP contribution is -2.37. The molecule has 2 aromatic heterocycles. The minimum atomic E-state index is -4.61. The van der Waals surface area contributed by atoms with Crippen LogP contribution in [0.1, 0.15) is 0 Å². The molecule has 24 heavy (non-hydrogen) atoms. The lowest BCUT2D eigenvalue weighted by Gasteiger charge is -2.19. The van der Waals surface area contributed by atoms with Gasteiger partial charge in [-0.05, 0) is 6.07 Å². The highest BCUT2D eigenvalue weighted by atomic mass is 32.2. The Morgan fingerprint density at radius 3 is 2.54 bits per heavy atom. The molecule has 1 aliphatic rings. The first-order valence-corrected chi connectivity index (χ1v) is 8.93. The van der Waals surface area contributed by atoms with Gasteiger partial charge >= 0.3 is 6.18 Å². The van der Waals surface area contributed by atoms with Gasteiger partial charge in [0, 0.05) is 37.9 Å². The highest BCUT2D eigenvalue weighted by Gasteiger charge is 2.53. The number of sulfone groups is 1. The van der Waals surface area contributed by atoms with Crippen molar-refractivity contribution in [3.05, 3.63) is 31.0 Å². The Bertz CT molecular complexity index is 822. The van der Waals surface area contributed by atoms with Crippen LogP contribution in [0, 0.1) is 5.92 Å². The van der Waals surface area contributed by atoms with E-state index in [1.807, 2.05) is 0 Å². The maximum absolute atomic E-state index is 13.2. The molecule has 7 nitrogen and oxygen atoms in total. The molecular formula is C13H14F3N5O2S. The number of imidazole rings is 1. The Kier molecular flexibility index (Phi) is 3.98. The molecule has 3 heterocycles. The summed E-state index contributed by atoms with van der Waals surface area (Å²) in [4.78, 5) is 13.3. The largest absolute Gasteiger partial charge is 0.394 e. The number of nitrogens with zero attached hydrogens (tertiary/aromatic N) is 5. The molecule has 1 fully saturated rings. The summed E-state index contributed by atoms with van der Waals surface area (Å²) in [6, 6.07) is 1.58. The van der Waals surface area contributed by atoms with Gasteiger partial charge in [-0.15, -0.1) is 0 Å². The average molecular weight is 361 g/mol. The molecule has 130 valence electrons. The van der Waals surface area contributed by atoms with E-state index in [2.05, 4.69) is 15.0 Å². The molecule has 0 radical (unpaired) electrons. The van der Waals surface area contributed by atoms with Crippen molar-refractivity contribution in [3.8, 4) is 5.82 Å². The Morgan fingerprint density at radius 1 is 1.25 bits per heavy atom. The van der Waals surface area contributed by atoms with Crippen molar-refractivity contribution in [2.75, 3.05) is 24.2 Å². The van der Waals surface area contributed by atoms with E-state index in [-0.39, 0.29) is 12.5 Å². The van der Waals surface area contributed by atoms with Gasteiger partial charge in [0.25, 0.3) is 0 Å². The zero-order valence-corrected chi connectivity index (χ0v) is 13.4. The van der Waals surface area contributed by atoms with E-state index in [4.69, 9.17) is 0 Å². The van der Waals surface area contributed by atoms with Crippen molar-refractivity contribution in [3.63, 3.8) is 0 Å². The van der Waals surface area contributed by atoms with E-state index in [0.717, 1.165) is 6.26 Å². The second kappa shape index (κ2) is 5.72. The summed E-state index contributed by atoms with van der Waals surface area (Å²) in [5.74, 6) is -1.47. The zero-order chi connectivity index (χ0) is 17.5. The molecule has 0 spiro atoms. The van der Waals surface area contributed by atoms with E-state index >= 15 is 0 Å². The molecule has 0 aliphatic carbocycles. The topological polar surface area (TPSA) is 81.0 Å². The molecule has 0 amide bonds. The van der Waals surface area contributed by atoms with Crippen molar-refractivity contribution < 1.29 is 21.6 Å². The van der Waals surface area contributed by atoms with Crippen molar-refractivity contribution in [1.29, 1.82) is 0 Å². The molecule has 0 aromatic carbocycles. The fraction of sp³-hybridized carbons (Fsp3) is 0.462. The van der Waals surface area contributed by atoms with E-state index in [1.165, 1.54) is 23.6 Å². The van der Waals surface area contributed by atoms with Gasteiger partial charge < -0.3 is 4.90 Å². The van der Waals surface area contributed by atoms with Crippen LogP contribution in [0.15, 0.2) is 31.0 Å². The monoisotopic (exact) mass is 361 g/mol. The van der Waals surface area contributed by atoms with Crippen molar-refractivity contribution in [2.45, 2.75) is 11.4 Å². The Labute approximate surface area is 136 Å². The molecule has 0 bridgehead atoms. The summed E-state index contributed by atoms with van der Waals surface area (Å²) in [5.41, 5.74) is 0. The van der Waals surface area contributed by atoms with Crippen LogP contribution in [0.25, 0.3) is 5.82 Å². The average Bonchev–Trinajstić information content (AvgIpc) is 3.16. The van der Waals surface area contributed by atoms with Gasteiger partial charge in [-0.3, -0.25) is 4.57 Å². The van der Waals surface area contributed by atoms with E-state index in [1.54, 1.807) is 16.8 Å². The van der Waals surface area contributed by atoms with Gasteiger partial charge in [-0.2, -0.15) is 18.2 Å². The first-order chi connectivity index (χ1) is 11.2. The van der Waals surface area contributed by atoms with Gasteiger partial charge in [0.15, 0.2) is 9.84 Å². The van der Waals surface area contributed by atoms with E-state index < -0.39 is 33.7 Å². The highest BCUT2D eigenvalue weighted by molar-refractivity contribution is 7.91. The lowest BCUT2D eigenvalue weighted by atomic mass is 10.1. The smallest absolute Gasteiger partial charge is 0.339 e. The summed E-state index contributed by atoms with van der Waals surface area (Å²) < 4.78 is 64.6. The zero-order valence-electron chi connectivity index (χ0n) is 12.6. The molecule has 3 rings (SSSR count). The summed E-state index contributed by atoms with van der Waals surface area (Å²) in [7, 11) is -3.86. The number of alkyl halides is 3. The second-order valence-corrected chi connectivity index (χ2v) is 7.87. The molecule has 1 saturated heterocycles. The van der Waals surface area contributed by atoms with Gasteiger partial charge in [-0.25, -0.2) is 18.4 Å². The summed E-state index contributed by atoms with van der Waals surface area (Å²) in [5, 5.41) is -1.53. The molecule has 0 saturated carbocycles. The Balaban J connectivity index is 1.92. The van der Waals surface area contributed by atoms with Gasteiger partial charge in [0.1, 0.15) is 12.1 Å². The predicted octanol–water partition coefficient (Wildman–Crippen LogP) is 1.07. The van der Waals surface area contributed by atoms with Crippen LogP contribution in [-0.2, 0) is 9.84 Å². The normalized spacial score (nSPS) is 22.1. The SMILES string of the molecule is CS(=O)(=O)[C@@H]1CN(c2nccc(-n3ccnc3)n2)C[C@H]1C(F)(F)F. The molecule has 1 aliphatic heterocycles. The van der Waals surface area contributed by atoms with Crippen LogP contribution >= 0.6 is 0 Å². The molecule has 0 N–H and O–H groups in total.